The molecular formula is C17H16O6S2. The SMILES string of the molecule is O=S(=O)(O)Cc1ccccc1.O=S(=O)(O)c1cccc2ccccc12. The van der Waals surface area contributed by atoms with E-state index >= 15 is 0 Å². The molecule has 3 rings (SSSR count). The molecule has 0 unspecified atom stereocenters. The third kappa shape index (κ3) is 5.95. The molecule has 0 aliphatic carbocycles. The Kier molecular flexibility index (Phi) is 5.91. The lowest BCUT2D eigenvalue weighted by Crippen LogP contribution is -2.00. The van der Waals surface area contributed by atoms with Gasteiger partial charge >= 0.3 is 0 Å². The van der Waals surface area contributed by atoms with Crippen molar-refractivity contribution in [1.82, 2.24) is 0 Å². The first-order chi connectivity index (χ1) is 11.7. The molecule has 3 aromatic rings. The number of hydrogen-bond acceptors (Lipinski definition) is 4. The van der Waals surface area contributed by atoms with Gasteiger partial charge in [0.15, 0.2) is 0 Å². The van der Waals surface area contributed by atoms with Crippen LogP contribution in [0.1, 0.15) is 5.56 Å². The lowest BCUT2D eigenvalue weighted by molar-refractivity contribution is 0.480. The summed E-state index contributed by atoms with van der Waals surface area (Å²) in [5.74, 6) is -0.312. The molecule has 0 atom stereocenters. The van der Waals surface area contributed by atoms with Crippen molar-refractivity contribution in [3.63, 3.8) is 0 Å². The topological polar surface area (TPSA) is 109 Å². The van der Waals surface area contributed by atoms with Crippen molar-refractivity contribution in [2.75, 3.05) is 0 Å². The monoisotopic (exact) mass is 380 g/mol. The molecule has 2 N–H and O–H groups in total. The van der Waals surface area contributed by atoms with Gasteiger partial charge in [-0.05, 0) is 17.0 Å². The Labute approximate surface area is 146 Å². The molecule has 8 heteroatoms. The molecule has 0 radical (unpaired) electrons. The van der Waals surface area contributed by atoms with E-state index in [0.29, 0.717) is 10.9 Å². The van der Waals surface area contributed by atoms with Crippen molar-refractivity contribution >= 4 is 31.0 Å². The van der Waals surface area contributed by atoms with Crippen LogP contribution in [0.3, 0.4) is 0 Å². The van der Waals surface area contributed by atoms with E-state index in [1.165, 1.54) is 6.07 Å². The standard InChI is InChI=1S/C10H8O3S.C7H8O3S/c11-14(12,13)10-7-3-5-8-4-1-2-6-9(8)10;8-11(9,10)6-7-4-2-1-3-5-7/h1-7H,(H,11,12,13);1-5H,6H2,(H,8,9,10). The van der Waals surface area contributed by atoms with Gasteiger partial charge in [-0.25, -0.2) is 0 Å². The Hall–Kier alpha value is -2.26. The number of rotatable bonds is 3. The average Bonchev–Trinajstić information content (AvgIpc) is 2.53. The first-order valence-corrected chi connectivity index (χ1v) is 10.2. The van der Waals surface area contributed by atoms with E-state index in [1.54, 1.807) is 60.7 Å². The Morgan fingerprint density at radius 2 is 1.24 bits per heavy atom. The van der Waals surface area contributed by atoms with E-state index in [1.807, 2.05) is 6.07 Å². The minimum atomic E-state index is -4.13. The van der Waals surface area contributed by atoms with Gasteiger partial charge in [0.2, 0.25) is 0 Å². The molecule has 0 amide bonds. The number of hydrogen-bond donors (Lipinski definition) is 2. The summed E-state index contributed by atoms with van der Waals surface area (Å²) in [5, 5.41) is 1.33. The van der Waals surface area contributed by atoms with Crippen LogP contribution in [0.5, 0.6) is 0 Å². The van der Waals surface area contributed by atoms with E-state index in [4.69, 9.17) is 9.11 Å². The molecule has 132 valence electrons. The zero-order valence-electron chi connectivity index (χ0n) is 13.0. The lowest BCUT2D eigenvalue weighted by Gasteiger charge is -2.02. The Morgan fingerprint density at radius 3 is 1.84 bits per heavy atom. The number of benzene rings is 3. The van der Waals surface area contributed by atoms with Crippen LogP contribution < -0.4 is 0 Å². The van der Waals surface area contributed by atoms with Gasteiger partial charge in [0.05, 0.1) is 0 Å². The zero-order valence-corrected chi connectivity index (χ0v) is 14.6. The van der Waals surface area contributed by atoms with Crippen LogP contribution in [0.15, 0.2) is 77.7 Å². The van der Waals surface area contributed by atoms with Crippen molar-refractivity contribution in [2.24, 2.45) is 0 Å². The fourth-order valence-corrected chi connectivity index (χ4v) is 3.53. The highest BCUT2D eigenvalue weighted by Crippen LogP contribution is 2.22. The first kappa shape index (κ1) is 19.1. The summed E-state index contributed by atoms with van der Waals surface area (Å²) in [6, 6.07) is 20.3. The maximum atomic E-state index is 11.0. The Bertz CT molecular complexity index is 1050. The predicted octanol–water partition coefficient (Wildman–Crippen LogP) is 3.16. The summed E-state index contributed by atoms with van der Waals surface area (Å²) in [6.07, 6.45) is 0. The van der Waals surface area contributed by atoms with Gasteiger partial charge < -0.3 is 0 Å². The predicted molar refractivity (Wildman–Crippen MR) is 95.5 cm³/mol. The molecule has 0 saturated carbocycles. The van der Waals surface area contributed by atoms with Crippen molar-refractivity contribution in [3.05, 3.63) is 78.4 Å². The summed E-state index contributed by atoms with van der Waals surface area (Å²) in [6.45, 7) is 0. The first-order valence-electron chi connectivity index (χ1n) is 7.11. The highest BCUT2D eigenvalue weighted by molar-refractivity contribution is 7.86. The van der Waals surface area contributed by atoms with Gasteiger partial charge in [-0.15, -0.1) is 0 Å². The summed E-state index contributed by atoms with van der Waals surface area (Å²) in [5.41, 5.74) is 0.593. The smallest absolute Gasteiger partial charge is 0.285 e. The average molecular weight is 380 g/mol. The van der Waals surface area contributed by atoms with Crippen LogP contribution >= 0.6 is 0 Å². The summed E-state index contributed by atoms with van der Waals surface area (Å²) < 4.78 is 60.1. The van der Waals surface area contributed by atoms with Crippen LogP contribution in [0.25, 0.3) is 10.8 Å². The normalized spacial score (nSPS) is 11.6. The second-order valence-electron chi connectivity index (χ2n) is 5.16. The molecule has 6 nitrogen and oxygen atoms in total. The van der Waals surface area contributed by atoms with Crippen LogP contribution in [0.2, 0.25) is 0 Å². The third-order valence-electron chi connectivity index (χ3n) is 3.22. The fourth-order valence-electron chi connectivity index (χ4n) is 2.21. The van der Waals surface area contributed by atoms with Gasteiger partial charge in [0.25, 0.3) is 20.2 Å². The van der Waals surface area contributed by atoms with Gasteiger partial charge in [-0.3, -0.25) is 9.11 Å². The van der Waals surface area contributed by atoms with Crippen LogP contribution in [-0.4, -0.2) is 25.9 Å². The fraction of sp³-hybridized carbons (Fsp3) is 0.0588. The Balaban J connectivity index is 0.000000186. The molecule has 0 heterocycles. The molecule has 3 aromatic carbocycles. The highest BCUT2D eigenvalue weighted by atomic mass is 32.2. The molecule has 0 spiro atoms. The van der Waals surface area contributed by atoms with Gasteiger partial charge in [-0.2, -0.15) is 16.8 Å². The van der Waals surface area contributed by atoms with Crippen LogP contribution in [-0.2, 0) is 26.0 Å². The maximum Gasteiger partial charge on any atom is 0.295 e. The second-order valence-corrected chi connectivity index (χ2v) is 8.01. The van der Waals surface area contributed by atoms with Crippen molar-refractivity contribution in [1.29, 1.82) is 0 Å². The molecular weight excluding hydrogens is 364 g/mol. The quantitative estimate of drug-likeness (QED) is 0.676. The van der Waals surface area contributed by atoms with Gasteiger partial charge in [0, 0.05) is 5.39 Å². The molecule has 25 heavy (non-hydrogen) atoms. The largest absolute Gasteiger partial charge is 0.295 e. The highest BCUT2D eigenvalue weighted by Gasteiger charge is 2.12. The van der Waals surface area contributed by atoms with Crippen molar-refractivity contribution in [3.8, 4) is 0 Å². The van der Waals surface area contributed by atoms with E-state index in [9.17, 15) is 16.8 Å². The number of fused-ring (bicyclic) bond motifs is 1. The van der Waals surface area contributed by atoms with Gasteiger partial charge in [0.1, 0.15) is 10.6 Å². The maximum absolute atomic E-state index is 11.0. The molecule has 0 aliphatic rings. The molecule has 0 saturated heterocycles. The minimum Gasteiger partial charge on any atom is -0.285 e. The van der Waals surface area contributed by atoms with Crippen molar-refractivity contribution in [2.45, 2.75) is 10.6 Å². The molecule has 0 aromatic heterocycles. The van der Waals surface area contributed by atoms with Crippen LogP contribution in [0.4, 0.5) is 0 Å². The zero-order chi connectivity index (χ0) is 18.5. The molecule has 0 bridgehead atoms. The Morgan fingerprint density at radius 1 is 0.680 bits per heavy atom. The van der Waals surface area contributed by atoms with E-state index < -0.39 is 20.2 Å². The summed E-state index contributed by atoms with van der Waals surface area (Å²) in [4.78, 5) is -0.0457. The second kappa shape index (κ2) is 7.75. The van der Waals surface area contributed by atoms with E-state index in [0.717, 1.165) is 5.39 Å². The van der Waals surface area contributed by atoms with Crippen LogP contribution in [0, 0.1) is 0 Å². The molecule has 0 aliphatic heterocycles. The van der Waals surface area contributed by atoms with Gasteiger partial charge in [-0.1, -0.05) is 66.7 Å². The lowest BCUT2D eigenvalue weighted by atomic mass is 10.1. The molecule has 0 fully saturated rings. The van der Waals surface area contributed by atoms with E-state index in [2.05, 4.69) is 0 Å². The van der Waals surface area contributed by atoms with Crippen molar-refractivity contribution < 1.29 is 25.9 Å². The van der Waals surface area contributed by atoms with E-state index in [-0.39, 0.29) is 10.6 Å². The third-order valence-corrected chi connectivity index (χ3v) is 4.83. The summed E-state index contributed by atoms with van der Waals surface area (Å²) in [7, 11) is -8.01. The minimum absolute atomic E-state index is 0.0457. The summed E-state index contributed by atoms with van der Waals surface area (Å²) >= 11 is 0.